The third-order valence-electron chi connectivity index (χ3n) is 6.03. The Bertz CT molecular complexity index is 1260. The summed E-state index contributed by atoms with van der Waals surface area (Å²) in [7, 11) is 0. The molecule has 0 aromatic heterocycles. The van der Waals surface area contributed by atoms with Crippen LogP contribution in [0.1, 0.15) is 38.3 Å². The number of hydrogen-bond donors (Lipinski definition) is 2. The topological polar surface area (TPSA) is 122 Å². The molecule has 1 aliphatic rings. The molecule has 3 aromatic carbocycles. The Labute approximate surface area is 220 Å². The molecule has 0 saturated carbocycles. The van der Waals surface area contributed by atoms with Gasteiger partial charge in [0.15, 0.2) is 0 Å². The first-order valence-corrected chi connectivity index (χ1v) is 12.2. The van der Waals surface area contributed by atoms with Gasteiger partial charge in [-0.15, -0.1) is 0 Å². The van der Waals surface area contributed by atoms with Gasteiger partial charge in [-0.25, -0.2) is 4.79 Å². The summed E-state index contributed by atoms with van der Waals surface area (Å²) in [5.41, 5.74) is 2.30. The lowest BCUT2D eigenvalue weighted by molar-refractivity contribution is -0.149. The standard InChI is InChI=1S/C29H28N2O7/c32-22-12-10-20(11-13-22)18-25(29(36)38-19-21-6-2-1-3-7-21)30-26(33)14-16-37-17-15-31-27(34)23-8-4-5-9-24(23)28(31)35/h1-13,25,32H,14-19H2,(H,30,33)/t25-/m0/s1. The maximum absolute atomic E-state index is 12.8. The number of esters is 1. The highest BCUT2D eigenvalue weighted by Gasteiger charge is 2.34. The van der Waals surface area contributed by atoms with Crippen molar-refractivity contribution < 1.29 is 33.8 Å². The van der Waals surface area contributed by atoms with Crippen molar-refractivity contribution in [3.8, 4) is 5.75 Å². The quantitative estimate of drug-likeness (QED) is 0.216. The van der Waals surface area contributed by atoms with E-state index >= 15 is 0 Å². The van der Waals surface area contributed by atoms with Gasteiger partial charge in [-0.2, -0.15) is 0 Å². The lowest BCUT2D eigenvalue weighted by Crippen LogP contribution is -2.43. The van der Waals surface area contributed by atoms with Gasteiger partial charge in [0.25, 0.3) is 11.8 Å². The van der Waals surface area contributed by atoms with E-state index in [0.29, 0.717) is 11.1 Å². The molecule has 0 aliphatic carbocycles. The Hall–Kier alpha value is -4.50. The van der Waals surface area contributed by atoms with Gasteiger partial charge in [0.2, 0.25) is 5.91 Å². The van der Waals surface area contributed by atoms with Gasteiger partial charge in [0, 0.05) is 12.8 Å². The molecule has 3 amide bonds. The number of phenols is 1. The Morgan fingerprint density at radius 3 is 2.11 bits per heavy atom. The fraction of sp³-hybridized carbons (Fsp3) is 0.241. The molecular formula is C29H28N2O7. The van der Waals surface area contributed by atoms with E-state index in [1.807, 2.05) is 30.3 Å². The first-order chi connectivity index (χ1) is 18.4. The molecule has 9 nitrogen and oxygen atoms in total. The average molecular weight is 517 g/mol. The fourth-order valence-corrected chi connectivity index (χ4v) is 4.02. The monoisotopic (exact) mass is 516 g/mol. The van der Waals surface area contributed by atoms with Crippen LogP contribution < -0.4 is 5.32 Å². The van der Waals surface area contributed by atoms with Gasteiger partial charge >= 0.3 is 5.97 Å². The number of ether oxygens (including phenoxy) is 2. The molecule has 4 rings (SSSR count). The van der Waals surface area contributed by atoms with Crippen LogP contribution in [0.5, 0.6) is 5.75 Å². The molecule has 3 aromatic rings. The number of hydrogen-bond acceptors (Lipinski definition) is 7. The lowest BCUT2D eigenvalue weighted by Gasteiger charge is -2.18. The van der Waals surface area contributed by atoms with Crippen molar-refractivity contribution in [2.45, 2.75) is 25.5 Å². The summed E-state index contributed by atoms with van der Waals surface area (Å²) in [6.07, 6.45) is 0.153. The van der Waals surface area contributed by atoms with E-state index in [4.69, 9.17) is 9.47 Å². The molecular weight excluding hydrogens is 488 g/mol. The lowest BCUT2D eigenvalue weighted by atomic mass is 10.1. The van der Waals surface area contributed by atoms with E-state index in [-0.39, 0.29) is 56.8 Å². The highest BCUT2D eigenvalue weighted by atomic mass is 16.5. The number of nitrogens with zero attached hydrogens (tertiary/aromatic N) is 1. The van der Waals surface area contributed by atoms with Crippen LogP contribution in [-0.2, 0) is 32.1 Å². The van der Waals surface area contributed by atoms with E-state index < -0.39 is 17.9 Å². The maximum atomic E-state index is 12.8. The third kappa shape index (κ3) is 6.83. The number of carbonyl (C=O) groups is 4. The summed E-state index contributed by atoms with van der Waals surface area (Å²) >= 11 is 0. The average Bonchev–Trinajstić information content (AvgIpc) is 3.17. The van der Waals surface area contributed by atoms with Crippen LogP contribution in [0.4, 0.5) is 0 Å². The molecule has 2 N–H and O–H groups in total. The molecule has 0 spiro atoms. The van der Waals surface area contributed by atoms with Gasteiger partial charge in [0.05, 0.1) is 30.9 Å². The molecule has 1 atom stereocenters. The van der Waals surface area contributed by atoms with Crippen molar-refractivity contribution in [3.63, 3.8) is 0 Å². The minimum absolute atomic E-state index is 0.0276. The van der Waals surface area contributed by atoms with Crippen molar-refractivity contribution in [1.29, 1.82) is 0 Å². The van der Waals surface area contributed by atoms with Crippen LogP contribution in [0.2, 0.25) is 0 Å². The number of imide groups is 1. The number of carbonyl (C=O) groups excluding carboxylic acids is 4. The molecule has 196 valence electrons. The van der Waals surface area contributed by atoms with E-state index in [9.17, 15) is 24.3 Å². The largest absolute Gasteiger partial charge is 0.508 e. The number of phenolic OH excluding ortho intramolecular Hbond substituents is 1. The summed E-state index contributed by atoms with van der Waals surface area (Å²) in [6, 6.07) is 21.3. The summed E-state index contributed by atoms with van der Waals surface area (Å²) in [5.74, 6) is -1.62. The zero-order valence-electron chi connectivity index (χ0n) is 20.7. The van der Waals surface area contributed by atoms with Gasteiger partial charge in [-0.3, -0.25) is 19.3 Å². The maximum Gasteiger partial charge on any atom is 0.329 e. The van der Waals surface area contributed by atoms with Crippen molar-refractivity contribution in [2.75, 3.05) is 19.8 Å². The molecule has 38 heavy (non-hydrogen) atoms. The molecule has 9 heteroatoms. The number of fused-ring (bicyclic) bond motifs is 1. The van der Waals surface area contributed by atoms with Gasteiger partial charge in [-0.1, -0.05) is 54.6 Å². The zero-order chi connectivity index (χ0) is 26.9. The molecule has 1 aliphatic heterocycles. The normalized spacial score (nSPS) is 13.2. The molecule has 1 heterocycles. The predicted octanol–water partition coefficient (Wildman–Crippen LogP) is 2.87. The minimum Gasteiger partial charge on any atom is -0.508 e. The van der Waals surface area contributed by atoms with Crippen molar-refractivity contribution in [3.05, 3.63) is 101 Å². The van der Waals surface area contributed by atoms with Crippen molar-refractivity contribution in [2.24, 2.45) is 0 Å². The van der Waals surface area contributed by atoms with E-state index in [1.165, 1.54) is 12.1 Å². The molecule has 0 radical (unpaired) electrons. The number of aromatic hydroxyl groups is 1. The highest BCUT2D eigenvalue weighted by molar-refractivity contribution is 6.21. The van der Waals surface area contributed by atoms with Crippen molar-refractivity contribution >= 4 is 23.7 Å². The second-order valence-corrected chi connectivity index (χ2v) is 8.75. The Morgan fingerprint density at radius 2 is 1.45 bits per heavy atom. The second-order valence-electron chi connectivity index (χ2n) is 8.75. The summed E-state index contributed by atoms with van der Waals surface area (Å²) < 4.78 is 10.9. The van der Waals surface area contributed by atoms with Gasteiger partial charge in [0.1, 0.15) is 18.4 Å². The minimum atomic E-state index is -0.936. The first-order valence-electron chi connectivity index (χ1n) is 12.2. The van der Waals surface area contributed by atoms with Crippen molar-refractivity contribution in [1.82, 2.24) is 10.2 Å². The van der Waals surface area contributed by atoms with Crippen LogP contribution in [-0.4, -0.2) is 59.5 Å². The molecule has 0 saturated heterocycles. The molecule has 0 unspecified atom stereocenters. The smallest absolute Gasteiger partial charge is 0.329 e. The van der Waals surface area contributed by atoms with E-state index in [0.717, 1.165) is 16.0 Å². The number of rotatable bonds is 12. The molecule has 0 fully saturated rings. The van der Waals surface area contributed by atoms with Crippen LogP contribution >= 0.6 is 0 Å². The zero-order valence-corrected chi connectivity index (χ0v) is 20.7. The Kier molecular flexibility index (Phi) is 8.84. The summed E-state index contributed by atoms with van der Waals surface area (Å²) in [6.45, 7) is 0.264. The SMILES string of the molecule is O=C(CCOCCN1C(=O)c2ccccc2C1=O)N[C@@H](Cc1ccc(O)cc1)C(=O)OCc1ccccc1. The number of benzene rings is 3. The molecule has 0 bridgehead atoms. The van der Waals surface area contributed by atoms with Crippen LogP contribution in [0.3, 0.4) is 0 Å². The first kappa shape index (κ1) is 26.6. The van der Waals surface area contributed by atoms with E-state index in [1.54, 1.807) is 36.4 Å². The van der Waals surface area contributed by atoms with E-state index in [2.05, 4.69) is 5.32 Å². The van der Waals surface area contributed by atoms with Crippen LogP contribution in [0, 0.1) is 0 Å². The van der Waals surface area contributed by atoms with Gasteiger partial charge < -0.3 is 19.9 Å². The second kappa shape index (κ2) is 12.6. The Morgan fingerprint density at radius 1 is 0.816 bits per heavy atom. The predicted molar refractivity (Wildman–Crippen MR) is 137 cm³/mol. The summed E-state index contributed by atoms with van der Waals surface area (Å²) in [4.78, 5) is 51.3. The fourth-order valence-electron chi connectivity index (χ4n) is 4.02. The number of nitrogens with one attached hydrogen (secondary N) is 1. The highest BCUT2D eigenvalue weighted by Crippen LogP contribution is 2.22. The van der Waals surface area contributed by atoms with Crippen LogP contribution in [0.25, 0.3) is 0 Å². The van der Waals surface area contributed by atoms with Gasteiger partial charge in [-0.05, 0) is 35.4 Å². The summed E-state index contributed by atoms with van der Waals surface area (Å²) in [5, 5.41) is 12.2. The van der Waals surface area contributed by atoms with Crippen LogP contribution in [0.15, 0.2) is 78.9 Å². The Balaban J connectivity index is 1.25. The third-order valence-corrected chi connectivity index (χ3v) is 6.03. The number of amides is 3.